The van der Waals surface area contributed by atoms with E-state index in [0.717, 1.165) is 31.4 Å². The summed E-state index contributed by atoms with van der Waals surface area (Å²) in [5, 5.41) is 0. The van der Waals surface area contributed by atoms with E-state index in [2.05, 4.69) is 26.0 Å². The van der Waals surface area contributed by atoms with Crippen molar-refractivity contribution in [1.29, 1.82) is 0 Å². The Hall–Kier alpha value is -1.10. The Morgan fingerprint density at radius 2 is 1.65 bits per heavy atom. The van der Waals surface area contributed by atoms with Crippen molar-refractivity contribution in [3.63, 3.8) is 0 Å². The number of hydrogen-bond acceptors (Lipinski definition) is 4. The average molecular weight is 321 g/mol. The fourth-order valence-electron chi connectivity index (χ4n) is 3.83. The molecule has 1 fully saturated rings. The first-order chi connectivity index (χ1) is 11.0. The maximum atomic E-state index is 6.16. The lowest BCUT2D eigenvalue weighted by Crippen LogP contribution is -2.40. The zero-order valence-corrected chi connectivity index (χ0v) is 15.1. The highest BCUT2D eigenvalue weighted by Crippen LogP contribution is 2.43. The summed E-state index contributed by atoms with van der Waals surface area (Å²) in [7, 11) is 5.20. The van der Waals surface area contributed by atoms with Gasteiger partial charge in [0, 0.05) is 33.0 Å². The summed E-state index contributed by atoms with van der Waals surface area (Å²) in [5.74, 6) is 1.40. The predicted molar refractivity (Wildman–Crippen MR) is 93.0 cm³/mol. The number of benzene rings is 1. The van der Waals surface area contributed by atoms with Gasteiger partial charge < -0.3 is 19.9 Å². The van der Waals surface area contributed by atoms with Crippen LogP contribution in [0.3, 0.4) is 0 Å². The summed E-state index contributed by atoms with van der Waals surface area (Å²) in [5.41, 5.74) is 9.95. The van der Waals surface area contributed by atoms with E-state index in [1.165, 1.54) is 16.7 Å². The molecule has 1 atom stereocenters. The molecule has 2 rings (SSSR count). The molecule has 2 N–H and O–H groups in total. The Labute approximate surface area is 140 Å². The molecule has 4 heteroatoms. The van der Waals surface area contributed by atoms with Gasteiger partial charge in [-0.3, -0.25) is 0 Å². The van der Waals surface area contributed by atoms with Crippen LogP contribution in [0.1, 0.15) is 48.3 Å². The van der Waals surface area contributed by atoms with Gasteiger partial charge in [0.2, 0.25) is 0 Å². The molecular formula is C19H31NO3. The van der Waals surface area contributed by atoms with Gasteiger partial charge in [0.1, 0.15) is 5.75 Å². The Morgan fingerprint density at radius 3 is 2.13 bits per heavy atom. The summed E-state index contributed by atoms with van der Waals surface area (Å²) in [6, 6.07) is 4.38. The van der Waals surface area contributed by atoms with E-state index in [9.17, 15) is 0 Å². The van der Waals surface area contributed by atoms with Crippen LogP contribution in [0.15, 0.2) is 12.1 Å². The lowest BCUT2D eigenvalue weighted by atomic mass is 9.74. The van der Waals surface area contributed by atoms with Crippen molar-refractivity contribution in [1.82, 2.24) is 0 Å². The van der Waals surface area contributed by atoms with Gasteiger partial charge in [-0.25, -0.2) is 0 Å². The fourth-order valence-corrected chi connectivity index (χ4v) is 3.83. The number of ether oxygens (including phenoxy) is 3. The number of nitrogens with two attached hydrogens (primary N) is 1. The summed E-state index contributed by atoms with van der Waals surface area (Å²) in [6.07, 6.45) is 3.93. The molecule has 0 spiro atoms. The fraction of sp³-hybridized carbons (Fsp3) is 0.684. The molecule has 0 heterocycles. The second-order valence-electron chi connectivity index (χ2n) is 6.68. The van der Waals surface area contributed by atoms with Crippen LogP contribution < -0.4 is 10.5 Å². The van der Waals surface area contributed by atoms with Crippen LogP contribution in [0.2, 0.25) is 0 Å². The number of hydrogen-bond donors (Lipinski definition) is 1. The quantitative estimate of drug-likeness (QED) is 0.814. The van der Waals surface area contributed by atoms with Crippen molar-refractivity contribution in [3.8, 4) is 5.75 Å². The Balaban J connectivity index is 2.23. The zero-order chi connectivity index (χ0) is 17.0. The predicted octanol–water partition coefficient (Wildman–Crippen LogP) is 3.53. The van der Waals surface area contributed by atoms with Crippen LogP contribution in [0.4, 0.5) is 0 Å². The molecule has 1 saturated carbocycles. The summed E-state index contributed by atoms with van der Waals surface area (Å²) < 4.78 is 16.8. The smallest absolute Gasteiger partial charge is 0.167 e. The van der Waals surface area contributed by atoms with E-state index in [-0.39, 0.29) is 0 Å². The van der Waals surface area contributed by atoms with E-state index in [0.29, 0.717) is 18.4 Å². The molecular weight excluding hydrogens is 290 g/mol. The number of aryl methyl sites for hydroxylation is 2. The van der Waals surface area contributed by atoms with Gasteiger partial charge in [-0.15, -0.1) is 0 Å². The molecule has 1 aromatic rings. The summed E-state index contributed by atoms with van der Waals surface area (Å²) >= 11 is 0. The third-order valence-corrected chi connectivity index (χ3v) is 5.60. The molecule has 1 aliphatic carbocycles. The molecule has 130 valence electrons. The molecule has 0 saturated heterocycles. The van der Waals surface area contributed by atoms with Crippen molar-refractivity contribution in [3.05, 3.63) is 28.8 Å². The first-order valence-electron chi connectivity index (χ1n) is 8.45. The Bertz CT molecular complexity index is 516. The van der Waals surface area contributed by atoms with E-state index < -0.39 is 5.79 Å². The maximum Gasteiger partial charge on any atom is 0.167 e. The number of methoxy groups -OCH3 is 3. The largest absolute Gasteiger partial charge is 0.496 e. The third-order valence-electron chi connectivity index (χ3n) is 5.60. The van der Waals surface area contributed by atoms with Gasteiger partial charge in [-0.2, -0.15) is 0 Å². The molecule has 0 aromatic heterocycles. The summed E-state index contributed by atoms with van der Waals surface area (Å²) in [4.78, 5) is 0. The second-order valence-corrected chi connectivity index (χ2v) is 6.68. The molecule has 0 bridgehead atoms. The van der Waals surface area contributed by atoms with Crippen molar-refractivity contribution in [2.24, 2.45) is 11.7 Å². The van der Waals surface area contributed by atoms with E-state index in [4.69, 9.17) is 19.9 Å². The minimum Gasteiger partial charge on any atom is -0.496 e. The molecule has 1 aliphatic rings. The monoisotopic (exact) mass is 321 g/mol. The zero-order valence-electron chi connectivity index (χ0n) is 15.1. The SMILES string of the molecule is COc1cc(C)c(C)cc1C(CN)C1CCC(OC)(OC)CC1. The first-order valence-corrected chi connectivity index (χ1v) is 8.45. The molecule has 1 aromatic carbocycles. The van der Waals surface area contributed by atoms with Gasteiger partial charge in [-0.05, 0) is 61.9 Å². The standard InChI is InChI=1S/C19H31NO3/c1-13-10-16(18(21-3)11-14(13)2)17(12-20)15-6-8-19(22-4,23-5)9-7-15/h10-11,15,17H,6-9,12,20H2,1-5H3. The Kier molecular flexibility index (Phi) is 6.06. The lowest BCUT2D eigenvalue weighted by Gasteiger charge is -2.40. The van der Waals surface area contributed by atoms with Crippen LogP contribution in [-0.4, -0.2) is 33.7 Å². The van der Waals surface area contributed by atoms with Crippen molar-refractivity contribution >= 4 is 0 Å². The minimum atomic E-state index is -0.414. The highest BCUT2D eigenvalue weighted by Gasteiger charge is 2.38. The van der Waals surface area contributed by atoms with E-state index in [1.807, 2.05) is 0 Å². The van der Waals surface area contributed by atoms with Crippen molar-refractivity contribution < 1.29 is 14.2 Å². The maximum absolute atomic E-state index is 6.16. The summed E-state index contributed by atoms with van der Waals surface area (Å²) in [6.45, 7) is 4.90. The normalized spacial score (nSPS) is 19.6. The molecule has 4 nitrogen and oxygen atoms in total. The molecule has 0 amide bonds. The van der Waals surface area contributed by atoms with Crippen LogP contribution in [0.25, 0.3) is 0 Å². The minimum absolute atomic E-state index is 0.316. The third kappa shape index (κ3) is 3.70. The van der Waals surface area contributed by atoms with E-state index in [1.54, 1.807) is 21.3 Å². The van der Waals surface area contributed by atoms with Crippen molar-refractivity contribution in [2.45, 2.75) is 51.2 Å². The van der Waals surface area contributed by atoms with E-state index >= 15 is 0 Å². The van der Waals surface area contributed by atoms with Crippen LogP contribution in [0, 0.1) is 19.8 Å². The topological polar surface area (TPSA) is 53.7 Å². The van der Waals surface area contributed by atoms with Gasteiger partial charge in [0.15, 0.2) is 5.79 Å². The molecule has 0 aliphatic heterocycles. The van der Waals surface area contributed by atoms with Gasteiger partial charge in [0.25, 0.3) is 0 Å². The first kappa shape index (κ1) is 18.2. The lowest BCUT2D eigenvalue weighted by molar-refractivity contribution is -0.228. The Morgan fingerprint density at radius 1 is 1.09 bits per heavy atom. The average Bonchev–Trinajstić information content (AvgIpc) is 2.59. The molecule has 1 unspecified atom stereocenters. The van der Waals surface area contributed by atoms with Gasteiger partial charge in [0.05, 0.1) is 7.11 Å². The van der Waals surface area contributed by atoms with Crippen LogP contribution >= 0.6 is 0 Å². The molecule has 0 radical (unpaired) electrons. The highest BCUT2D eigenvalue weighted by molar-refractivity contribution is 5.44. The van der Waals surface area contributed by atoms with Gasteiger partial charge >= 0.3 is 0 Å². The number of rotatable bonds is 6. The van der Waals surface area contributed by atoms with Crippen molar-refractivity contribution in [2.75, 3.05) is 27.9 Å². The second kappa shape index (κ2) is 7.65. The van der Waals surface area contributed by atoms with Crippen LogP contribution in [-0.2, 0) is 9.47 Å². The molecule has 23 heavy (non-hydrogen) atoms. The van der Waals surface area contributed by atoms with Crippen LogP contribution in [0.5, 0.6) is 5.75 Å². The van der Waals surface area contributed by atoms with Gasteiger partial charge in [-0.1, -0.05) is 6.07 Å². The highest BCUT2D eigenvalue weighted by atomic mass is 16.7.